The van der Waals surface area contributed by atoms with Gasteiger partial charge in [-0.15, -0.1) is 0 Å². The third kappa shape index (κ3) is 34.4. The largest absolute Gasteiger partial charge is 0.379 e. The van der Waals surface area contributed by atoms with Gasteiger partial charge >= 0.3 is 0 Å². The predicted octanol–water partition coefficient (Wildman–Crippen LogP) is 7.56. The Morgan fingerprint density at radius 1 is 0.256 bits per heavy atom. The first-order chi connectivity index (χ1) is 18.8. The van der Waals surface area contributed by atoms with E-state index in [1.54, 1.807) is 0 Å². The van der Waals surface area contributed by atoms with Crippen LogP contribution in [-0.4, -0.2) is 106 Å². The summed E-state index contributed by atoms with van der Waals surface area (Å²) in [6.07, 6.45) is 0. The van der Waals surface area contributed by atoms with Crippen LogP contribution in [-0.2, 0) is 37.9 Å². The molecule has 0 unspecified atom stereocenters. The van der Waals surface area contributed by atoms with E-state index >= 15 is 0 Å². The molecule has 0 rings (SSSR count). The second-order valence-corrected chi connectivity index (χ2v) is 16.2. The van der Waals surface area contributed by atoms with Crippen molar-refractivity contribution in [3.63, 3.8) is 0 Å². The molecule has 0 spiro atoms. The van der Waals surface area contributed by atoms with E-state index in [0.29, 0.717) is 106 Å². The van der Waals surface area contributed by atoms with Crippen LogP contribution < -0.4 is 0 Å². The quantitative estimate of drug-likeness (QED) is 0.102. The molecule has 0 heterocycles. The molecular weight excluding hydrogens is 548 g/mol. The van der Waals surface area contributed by atoms with Crippen molar-refractivity contribution in [3.8, 4) is 0 Å². The molecule has 0 radical (unpaired) electrons. The summed E-state index contributed by atoms with van der Waals surface area (Å²) in [6, 6.07) is 0. The minimum absolute atomic E-state index is 0. The van der Waals surface area contributed by atoms with Crippen LogP contribution in [0.25, 0.3) is 0 Å². The highest BCUT2D eigenvalue weighted by atomic mass is 16.6. The molecule has 0 aliphatic rings. The minimum atomic E-state index is -0.484. The fraction of sp³-hybridized carbons (Fsp3) is 1.00. The summed E-state index contributed by atoms with van der Waals surface area (Å²) in [5.41, 5.74) is 0.00987. The molecule has 43 heavy (non-hydrogen) atoms. The van der Waals surface area contributed by atoms with Gasteiger partial charge in [-0.3, -0.25) is 0 Å². The zero-order chi connectivity index (χ0) is 31.5. The van der Waals surface area contributed by atoms with E-state index < -0.39 is 5.41 Å². The van der Waals surface area contributed by atoms with Gasteiger partial charge in [-0.2, -0.15) is 0 Å². The Hall–Kier alpha value is -0.320. The van der Waals surface area contributed by atoms with Crippen molar-refractivity contribution in [2.75, 3.05) is 106 Å². The van der Waals surface area contributed by atoms with Crippen molar-refractivity contribution in [2.24, 2.45) is 27.1 Å². The molecule has 0 aliphatic carbocycles. The van der Waals surface area contributed by atoms with Gasteiger partial charge in [0.05, 0.1) is 111 Å². The van der Waals surface area contributed by atoms with Crippen LogP contribution in [0.2, 0.25) is 0 Å². The average Bonchev–Trinajstić information content (AvgIpc) is 2.80. The van der Waals surface area contributed by atoms with Crippen molar-refractivity contribution in [3.05, 3.63) is 0 Å². The van der Waals surface area contributed by atoms with Crippen LogP contribution in [0, 0.1) is 27.1 Å². The molecule has 0 aliphatic heterocycles. The van der Waals surface area contributed by atoms with Gasteiger partial charge in [0.1, 0.15) is 0 Å². The van der Waals surface area contributed by atoms with Gasteiger partial charge in [0.2, 0.25) is 0 Å². The summed E-state index contributed by atoms with van der Waals surface area (Å²) in [5.74, 6) is 0. The number of hydrogen-bond donors (Lipinski definition) is 0. The highest BCUT2D eigenvalue weighted by Gasteiger charge is 2.33. The Labute approximate surface area is 268 Å². The monoisotopic (exact) mass is 625 g/mol. The number of rotatable bonds is 24. The highest BCUT2D eigenvalue weighted by molar-refractivity contribution is 4.80. The first-order valence-electron chi connectivity index (χ1n) is 15.4. The van der Waals surface area contributed by atoms with Crippen molar-refractivity contribution >= 4 is 0 Å². The van der Waals surface area contributed by atoms with Crippen LogP contribution in [0.4, 0.5) is 0 Å². The van der Waals surface area contributed by atoms with Gasteiger partial charge in [0, 0.05) is 0 Å². The van der Waals surface area contributed by atoms with Gasteiger partial charge in [-0.05, 0) is 21.7 Å². The maximum absolute atomic E-state index is 6.12. The maximum atomic E-state index is 6.12. The average molecular weight is 625 g/mol. The van der Waals surface area contributed by atoms with Crippen LogP contribution >= 0.6 is 0 Å². The Morgan fingerprint density at radius 2 is 0.395 bits per heavy atom. The maximum Gasteiger partial charge on any atom is 0.0700 e. The second-order valence-electron chi connectivity index (χ2n) is 16.2. The SMILES string of the molecule is C.C.CC(C)(C)COCCOCC(COCCOCC(C)(C)C)(COCCOCC(C)(C)C)COCCOCC(C)(C)C. The van der Waals surface area contributed by atoms with E-state index in [-0.39, 0.29) is 36.5 Å². The molecule has 0 saturated heterocycles. The number of hydrogen-bond acceptors (Lipinski definition) is 8. The molecule has 0 aromatic rings. The second kappa shape index (κ2) is 23.9. The Morgan fingerprint density at radius 3 is 0.535 bits per heavy atom. The molecule has 0 aromatic carbocycles. The summed E-state index contributed by atoms with van der Waals surface area (Å²) in [7, 11) is 0. The minimum Gasteiger partial charge on any atom is -0.379 e. The van der Waals surface area contributed by atoms with Crippen LogP contribution in [0.1, 0.15) is 97.9 Å². The zero-order valence-electron chi connectivity index (χ0n) is 29.1. The van der Waals surface area contributed by atoms with Gasteiger partial charge < -0.3 is 37.9 Å². The van der Waals surface area contributed by atoms with E-state index in [1.165, 1.54) is 0 Å². The summed E-state index contributed by atoms with van der Waals surface area (Å²) >= 11 is 0. The van der Waals surface area contributed by atoms with E-state index in [1.807, 2.05) is 0 Å². The Bertz CT molecular complexity index is 502. The third-order valence-electron chi connectivity index (χ3n) is 5.26. The molecule has 0 bridgehead atoms. The Balaban J connectivity index is -0.00000800. The molecule has 8 heteroatoms. The first kappa shape index (κ1) is 47.1. The highest BCUT2D eigenvalue weighted by Crippen LogP contribution is 2.22. The fourth-order valence-corrected chi connectivity index (χ4v) is 3.39. The molecule has 8 nitrogen and oxygen atoms in total. The van der Waals surface area contributed by atoms with Crippen LogP contribution in [0.15, 0.2) is 0 Å². The Kier molecular flexibility index (Phi) is 26.2. The standard InChI is InChI=1S/C33H68O8.2CH4/c1-29(2,3)21-34-13-17-38-25-33(26-39-18-14-35-22-30(4,5)6,27-40-19-15-36-23-31(7,8)9)28-41-20-16-37-24-32(10,11)12;;/h13-28H2,1-12H3;2*1H4. The lowest BCUT2D eigenvalue weighted by molar-refractivity contribution is -0.124. The predicted molar refractivity (Wildman–Crippen MR) is 180 cm³/mol. The van der Waals surface area contributed by atoms with Crippen molar-refractivity contribution in [1.29, 1.82) is 0 Å². The molecule has 0 saturated carbocycles. The smallest absolute Gasteiger partial charge is 0.0700 e. The lowest BCUT2D eigenvalue weighted by Gasteiger charge is -2.33. The zero-order valence-corrected chi connectivity index (χ0v) is 29.1. The summed E-state index contributed by atoms with van der Waals surface area (Å²) in [5, 5.41) is 0. The van der Waals surface area contributed by atoms with Gasteiger partial charge in [0.25, 0.3) is 0 Å². The first-order valence-corrected chi connectivity index (χ1v) is 15.4. The topological polar surface area (TPSA) is 73.8 Å². The van der Waals surface area contributed by atoms with Crippen molar-refractivity contribution < 1.29 is 37.9 Å². The lowest BCUT2D eigenvalue weighted by atomic mass is 9.92. The third-order valence-corrected chi connectivity index (χ3v) is 5.26. The fourth-order valence-electron chi connectivity index (χ4n) is 3.39. The molecule has 0 fully saturated rings. The lowest BCUT2D eigenvalue weighted by Crippen LogP contribution is -2.43. The summed E-state index contributed by atoms with van der Waals surface area (Å²) in [4.78, 5) is 0. The molecule has 0 atom stereocenters. The summed E-state index contributed by atoms with van der Waals surface area (Å²) in [6.45, 7) is 34.5. The van der Waals surface area contributed by atoms with Crippen LogP contribution in [0.3, 0.4) is 0 Å². The normalized spacial score (nSPS) is 13.1. The molecule has 0 N–H and O–H groups in total. The van der Waals surface area contributed by atoms with E-state index in [4.69, 9.17) is 37.9 Å². The molecule has 0 amide bonds. The van der Waals surface area contributed by atoms with Gasteiger partial charge in [-0.1, -0.05) is 97.9 Å². The number of ether oxygens (including phenoxy) is 8. The van der Waals surface area contributed by atoms with E-state index in [9.17, 15) is 0 Å². The van der Waals surface area contributed by atoms with Crippen molar-refractivity contribution in [2.45, 2.75) is 97.9 Å². The van der Waals surface area contributed by atoms with Gasteiger partial charge in [-0.25, -0.2) is 0 Å². The van der Waals surface area contributed by atoms with Crippen molar-refractivity contribution in [1.82, 2.24) is 0 Å². The van der Waals surface area contributed by atoms with Crippen LogP contribution in [0.5, 0.6) is 0 Å². The molecule has 264 valence electrons. The van der Waals surface area contributed by atoms with E-state index in [2.05, 4.69) is 83.1 Å². The van der Waals surface area contributed by atoms with Gasteiger partial charge in [0.15, 0.2) is 0 Å². The molecular formula is C35H76O8. The molecule has 0 aromatic heterocycles. The summed E-state index contributed by atoms with van der Waals surface area (Å²) < 4.78 is 47.7. The van der Waals surface area contributed by atoms with E-state index in [0.717, 1.165) is 0 Å².